The quantitative estimate of drug-likeness (QED) is 0.428. The first-order chi connectivity index (χ1) is 16.3. The van der Waals surface area contributed by atoms with Gasteiger partial charge in [-0.15, -0.1) is 12.8 Å². The molecule has 184 valence electrons. The largest absolute Gasteiger partial charge is 0.390 e. The molecule has 0 bridgehead atoms. The molecule has 1 unspecified atom stereocenters. The van der Waals surface area contributed by atoms with Gasteiger partial charge >= 0.3 is 6.03 Å². The molecule has 2 aromatic rings. The lowest BCUT2D eigenvalue weighted by Gasteiger charge is -2.30. The Balaban J connectivity index is 0.00000199. The fourth-order valence-corrected chi connectivity index (χ4v) is 5.31. The number of terminal acetylenes is 1. The zero-order valence-electron chi connectivity index (χ0n) is 19.3. The molecule has 6 nitrogen and oxygen atoms in total. The fraction of sp³-hybridized carbons (Fsp3) is 0.400. The van der Waals surface area contributed by atoms with Gasteiger partial charge in [-0.25, -0.2) is 13.6 Å². The molecule has 2 aromatic carbocycles. The van der Waals surface area contributed by atoms with Gasteiger partial charge in [0.25, 0.3) is 0 Å². The van der Waals surface area contributed by atoms with Gasteiger partial charge < -0.3 is 21.1 Å². The first-order valence-corrected chi connectivity index (χ1v) is 12.4. The average Bonchev–Trinajstić information content (AvgIpc) is 2.82. The SMILES string of the molecule is C#C.CCc1ccc2c(c1)[C@@H](NC[C@@H](O)[C@H](Cc1cc(F)cc(F)c1)NC(=O)NC)CS(=O)C2. The average molecular weight is 492 g/mol. The van der Waals surface area contributed by atoms with E-state index in [2.05, 4.69) is 41.8 Å². The maximum absolute atomic E-state index is 13.6. The van der Waals surface area contributed by atoms with Gasteiger partial charge in [-0.2, -0.15) is 0 Å². The lowest BCUT2D eigenvalue weighted by atomic mass is 9.97. The number of carbonyl (C=O) groups is 1. The third-order valence-corrected chi connectivity index (χ3v) is 6.96. The molecule has 4 atom stereocenters. The molecular formula is C25H31F2N3O3S. The third-order valence-electron chi connectivity index (χ3n) is 5.62. The zero-order chi connectivity index (χ0) is 25.3. The number of carbonyl (C=O) groups excluding carboxylic acids is 1. The molecule has 2 amide bonds. The van der Waals surface area contributed by atoms with Crippen molar-refractivity contribution in [3.63, 3.8) is 0 Å². The van der Waals surface area contributed by atoms with Crippen molar-refractivity contribution in [3.8, 4) is 12.8 Å². The molecule has 0 aliphatic carbocycles. The number of urea groups is 1. The molecule has 4 N–H and O–H groups in total. The minimum Gasteiger partial charge on any atom is -0.390 e. The van der Waals surface area contributed by atoms with Crippen LogP contribution >= 0.6 is 0 Å². The molecule has 0 aromatic heterocycles. The smallest absolute Gasteiger partial charge is 0.314 e. The van der Waals surface area contributed by atoms with Gasteiger partial charge in [-0.3, -0.25) is 4.21 Å². The highest BCUT2D eigenvalue weighted by atomic mass is 32.2. The van der Waals surface area contributed by atoms with Gasteiger partial charge in [0.15, 0.2) is 0 Å². The summed E-state index contributed by atoms with van der Waals surface area (Å²) in [6.45, 7) is 2.17. The van der Waals surface area contributed by atoms with Crippen LogP contribution in [0.2, 0.25) is 0 Å². The highest BCUT2D eigenvalue weighted by Crippen LogP contribution is 2.28. The number of amides is 2. The summed E-state index contributed by atoms with van der Waals surface area (Å²) in [5.74, 6) is -0.514. The van der Waals surface area contributed by atoms with E-state index in [4.69, 9.17) is 0 Å². The summed E-state index contributed by atoms with van der Waals surface area (Å²) in [5.41, 5.74) is 3.59. The van der Waals surface area contributed by atoms with Crippen LogP contribution in [0, 0.1) is 24.5 Å². The molecule has 34 heavy (non-hydrogen) atoms. The van der Waals surface area contributed by atoms with E-state index in [-0.39, 0.29) is 19.0 Å². The van der Waals surface area contributed by atoms with Crippen LogP contribution in [0.25, 0.3) is 0 Å². The van der Waals surface area contributed by atoms with E-state index >= 15 is 0 Å². The van der Waals surface area contributed by atoms with E-state index in [0.29, 0.717) is 17.1 Å². The Morgan fingerprint density at radius 3 is 2.47 bits per heavy atom. The van der Waals surface area contributed by atoms with Crippen molar-refractivity contribution in [2.75, 3.05) is 19.3 Å². The van der Waals surface area contributed by atoms with Gasteiger partial charge in [-0.1, -0.05) is 25.1 Å². The molecule has 0 saturated heterocycles. The number of benzene rings is 2. The van der Waals surface area contributed by atoms with Gasteiger partial charge in [0.2, 0.25) is 0 Å². The van der Waals surface area contributed by atoms with Gasteiger partial charge in [-0.05, 0) is 47.2 Å². The Labute approximate surface area is 202 Å². The second-order valence-corrected chi connectivity index (χ2v) is 9.48. The number of nitrogens with one attached hydrogen (secondary N) is 3. The van der Waals surface area contributed by atoms with Crippen LogP contribution in [0.1, 0.15) is 35.2 Å². The maximum Gasteiger partial charge on any atom is 0.314 e. The minimum atomic E-state index is -1.05. The molecule has 0 fully saturated rings. The number of rotatable bonds is 8. The molecule has 0 saturated carbocycles. The summed E-state index contributed by atoms with van der Waals surface area (Å²) in [7, 11) is 0.423. The standard InChI is InChI=1S/C23H29F2N3O3S.C2H2/c1-3-14-4-5-16-12-32(31)13-21(19(16)8-14)27-11-22(29)20(28-23(30)26-2)9-15-6-17(24)10-18(25)7-15;1-2/h4-8,10,20-22,27,29H,3,9,11-13H2,1-2H3,(H2,26,28,30);1-2H/t20-,21-,22+,32?;/m0./s1. The Kier molecular flexibility index (Phi) is 10.6. The second kappa shape index (κ2) is 13.2. The third kappa shape index (κ3) is 7.62. The van der Waals surface area contributed by atoms with Crippen molar-refractivity contribution < 1.29 is 22.9 Å². The lowest BCUT2D eigenvalue weighted by Crippen LogP contribution is -2.51. The summed E-state index contributed by atoms with van der Waals surface area (Å²) in [4.78, 5) is 11.9. The second-order valence-electron chi connectivity index (χ2n) is 7.98. The zero-order valence-corrected chi connectivity index (χ0v) is 20.1. The monoisotopic (exact) mass is 491 g/mol. The summed E-state index contributed by atoms with van der Waals surface area (Å²) >= 11 is 0. The van der Waals surface area contributed by atoms with Crippen molar-refractivity contribution in [3.05, 3.63) is 70.3 Å². The van der Waals surface area contributed by atoms with Crippen molar-refractivity contribution in [2.24, 2.45) is 0 Å². The van der Waals surface area contributed by atoms with Crippen LogP contribution in [0.3, 0.4) is 0 Å². The molecule has 1 aliphatic heterocycles. The maximum atomic E-state index is 13.6. The number of aliphatic hydroxyl groups is 1. The number of aliphatic hydroxyl groups excluding tert-OH is 1. The number of hydrogen-bond donors (Lipinski definition) is 4. The number of aryl methyl sites for hydroxylation is 1. The van der Waals surface area contributed by atoms with E-state index in [0.717, 1.165) is 23.6 Å². The molecule has 0 spiro atoms. The van der Waals surface area contributed by atoms with E-state index in [1.807, 2.05) is 12.1 Å². The highest BCUT2D eigenvalue weighted by molar-refractivity contribution is 7.84. The number of halogens is 2. The predicted molar refractivity (Wildman–Crippen MR) is 131 cm³/mol. The van der Waals surface area contributed by atoms with Gasteiger partial charge in [0.1, 0.15) is 11.6 Å². The summed E-state index contributed by atoms with van der Waals surface area (Å²) in [6, 6.07) is 7.76. The van der Waals surface area contributed by atoms with E-state index < -0.39 is 40.6 Å². The van der Waals surface area contributed by atoms with Crippen LogP contribution in [0.15, 0.2) is 36.4 Å². The first kappa shape index (κ1) is 27.4. The topological polar surface area (TPSA) is 90.5 Å². The first-order valence-electron chi connectivity index (χ1n) is 10.9. The highest BCUT2D eigenvalue weighted by Gasteiger charge is 2.27. The lowest BCUT2D eigenvalue weighted by molar-refractivity contribution is 0.124. The number of fused-ring (bicyclic) bond motifs is 1. The van der Waals surface area contributed by atoms with Crippen LogP contribution in [-0.4, -0.2) is 46.8 Å². The van der Waals surface area contributed by atoms with Gasteiger partial charge in [0.05, 0.1) is 12.1 Å². The molecule has 9 heteroatoms. The Bertz CT molecular complexity index is 1010. The summed E-state index contributed by atoms with van der Waals surface area (Å²) in [5, 5.41) is 19.2. The van der Waals surface area contributed by atoms with Crippen molar-refractivity contribution >= 4 is 16.8 Å². The van der Waals surface area contributed by atoms with E-state index in [9.17, 15) is 22.9 Å². The van der Waals surface area contributed by atoms with Crippen LogP contribution in [0.5, 0.6) is 0 Å². The van der Waals surface area contributed by atoms with Crippen LogP contribution in [0.4, 0.5) is 13.6 Å². The van der Waals surface area contributed by atoms with Crippen LogP contribution < -0.4 is 16.0 Å². The summed E-state index contributed by atoms with van der Waals surface area (Å²) < 4.78 is 39.5. The van der Waals surface area contributed by atoms with E-state index in [1.54, 1.807) is 0 Å². The van der Waals surface area contributed by atoms with Gasteiger partial charge in [0, 0.05) is 48.0 Å². The predicted octanol–water partition coefficient (Wildman–Crippen LogP) is 2.57. The molecule has 1 heterocycles. The summed E-state index contributed by atoms with van der Waals surface area (Å²) in [6.07, 6.45) is 7.87. The fourth-order valence-electron chi connectivity index (χ4n) is 3.91. The van der Waals surface area contributed by atoms with Crippen molar-refractivity contribution in [1.82, 2.24) is 16.0 Å². The minimum absolute atomic E-state index is 0.0398. The van der Waals surface area contributed by atoms with Crippen LogP contribution in [-0.2, 0) is 29.4 Å². The van der Waals surface area contributed by atoms with Crippen molar-refractivity contribution in [1.29, 1.82) is 0 Å². The van der Waals surface area contributed by atoms with Crippen molar-refractivity contribution in [2.45, 2.75) is 43.7 Å². The van der Waals surface area contributed by atoms with E-state index in [1.165, 1.54) is 24.7 Å². The Morgan fingerprint density at radius 2 is 1.85 bits per heavy atom. The Morgan fingerprint density at radius 1 is 1.18 bits per heavy atom. The molecule has 1 aliphatic rings. The number of hydrogen-bond acceptors (Lipinski definition) is 4. The normalized spacial score (nSPS) is 18.6. The Hall–Kier alpha value is -2.80. The molecule has 0 radical (unpaired) electrons. The molecule has 3 rings (SSSR count). The molecular weight excluding hydrogens is 460 g/mol.